The van der Waals surface area contributed by atoms with Gasteiger partial charge in [0.05, 0.1) is 0 Å². The molecule has 0 radical (unpaired) electrons. The van der Waals surface area contributed by atoms with Crippen LogP contribution < -0.4 is 10.2 Å². The Hall–Kier alpha value is -1.51. The highest BCUT2D eigenvalue weighted by molar-refractivity contribution is 5.73. The molecule has 1 amide bonds. The van der Waals surface area contributed by atoms with Crippen LogP contribution in [0.3, 0.4) is 0 Å². The summed E-state index contributed by atoms with van der Waals surface area (Å²) >= 11 is 0. The predicted octanol–water partition coefficient (Wildman–Crippen LogP) is 2.67. The average Bonchev–Trinajstić information content (AvgIpc) is 2.71. The summed E-state index contributed by atoms with van der Waals surface area (Å²) in [6.45, 7) is 4.89. The van der Waals surface area contributed by atoms with Gasteiger partial charge in [0.2, 0.25) is 5.91 Å². The second-order valence-electron chi connectivity index (χ2n) is 5.73. The number of hydrogen-bond acceptors (Lipinski definition) is 2. The standard InChI is InChI=1S/C16H22N2O/c1-3-18-15-7-5-4-6-13(15)14-9-8-12(10-16(14)18)17-11(2)19/h4-7,12,14,16H,3,8-10H2,1-2H3,(H,17,19). The number of carbonyl (C=O) groups is 1. The zero-order chi connectivity index (χ0) is 13.4. The van der Waals surface area contributed by atoms with E-state index in [0.717, 1.165) is 19.4 Å². The van der Waals surface area contributed by atoms with Crippen molar-refractivity contribution in [3.8, 4) is 0 Å². The molecule has 1 aromatic rings. The third-order valence-electron chi connectivity index (χ3n) is 4.61. The molecule has 102 valence electrons. The van der Waals surface area contributed by atoms with Crippen molar-refractivity contribution in [2.24, 2.45) is 0 Å². The molecule has 1 fully saturated rings. The van der Waals surface area contributed by atoms with Crippen molar-refractivity contribution in [1.82, 2.24) is 5.32 Å². The van der Waals surface area contributed by atoms with Crippen molar-refractivity contribution in [2.75, 3.05) is 11.4 Å². The van der Waals surface area contributed by atoms with Crippen molar-refractivity contribution >= 4 is 11.6 Å². The number of rotatable bonds is 2. The zero-order valence-corrected chi connectivity index (χ0v) is 11.7. The van der Waals surface area contributed by atoms with Crippen LogP contribution in [0.2, 0.25) is 0 Å². The Kier molecular flexibility index (Phi) is 3.21. The maximum atomic E-state index is 11.2. The maximum Gasteiger partial charge on any atom is 0.217 e. The zero-order valence-electron chi connectivity index (χ0n) is 11.7. The molecule has 2 aliphatic rings. The molecule has 0 saturated heterocycles. The van der Waals surface area contributed by atoms with Gasteiger partial charge in [-0.25, -0.2) is 0 Å². The van der Waals surface area contributed by atoms with Crippen LogP contribution in [0.1, 0.15) is 44.6 Å². The Morgan fingerprint density at radius 2 is 2.16 bits per heavy atom. The molecular formula is C16H22N2O. The molecule has 3 atom stereocenters. The minimum atomic E-state index is 0.0991. The van der Waals surface area contributed by atoms with E-state index >= 15 is 0 Å². The first kappa shape index (κ1) is 12.5. The predicted molar refractivity (Wildman–Crippen MR) is 77.4 cm³/mol. The average molecular weight is 258 g/mol. The van der Waals surface area contributed by atoms with Gasteiger partial charge in [0, 0.05) is 37.2 Å². The van der Waals surface area contributed by atoms with Gasteiger partial charge in [-0.3, -0.25) is 4.79 Å². The second kappa shape index (κ2) is 4.87. The first-order valence-corrected chi connectivity index (χ1v) is 7.33. The molecule has 19 heavy (non-hydrogen) atoms. The van der Waals surface area contributed by atoms with Gasteiger partial charge in [-0.05, 0) is 37.8 Å². The van der Waals surface area contributed by atoms with E-state index in [1.165, 1.54) is 17.7 Å². The van der Waals surface area contributed by atoms with E-state index < -0.39 is 0 Å². The minimum absolute atomic E-state index is 0.0991. The fourth-order valence-corrected chi connectivity index (χ4v) is 3.92. The highest BCUT2D eigenvalue weighted by Crippen LogP contribution is 2.47. The molecule has 3 unspecified atom stereocenters. The number of amides is 1. The van der Waals surface area contributed by atoms with E-state index in [4.69, 9.17) is 0 Å². The molecular weight excluding hydrogens is 236 g/mol. The first-order chi connectivity index (χ1) is 9.20. The highest BCUT2D eigenvalue weighted by Gasteiger charge is 2.41. The first-order valence-electron chi connectivity index (χ1n) is 7.33. The summed E-state index contributed by atoms with van der Waals surface area (Å²) in [6, 6.07) is 9.71. The van der Waals surface area contributed by atoms with Crippen LogP contribution in [0.25, 0.3) is 0 Å². The van der Waals surface area contributed by atoms with Gasteiger partial charge >= 0.3 is 0 Å². The van der Waals surface area contributed by atoms with Gasteiger partial charge in [0.25, 0.3) is 0 Å². The molecule has 1 aliphatic carbocycles. The van der Waals surface area contributed by atoms with E-state index in [1.54, 1.807) is 6.92 Å². The number of benzene rings is 1. The van der Waals surface area contributed by atoms with Gasteiger partial charge in [-0.1, -0.05) is 18.2 Å². The summed E-state index contributed by atoms with van der Waals surface area (Å²) in [5.41, 5.74) is 2.92. The summed E-state index contributed by atoms with van der Waals surface area (Å²) in [7, 11) is 0. The fraction of sp³-hybridized carbons (Fsp3) is 0.562. The number of carbonyl (C=O) groups excluding carboxylic acids is 1. The Balaban J connectivity index is 1.84. The van der Waals surface area contributed by atoms with Gasteiger partial charge < -0.3 is 10.2 Å². The van der Waals surface area contributed by atoms with Crippen LogP contribution >= 0.6 is 0 Å². The fourth-order valence-electron chi connectivity index (χ4n) is 3.92. The van der Waals surface area contributed by atoms with E-state index in [-0.39, 0.29) is 5.91 Å². The third-order valence-corrected chi connectivity index (χ3v) is 4.61. The monoisotopic (exact) mass is 258 g/mol. The summed E-state index contributed by atoms with van der Waals surface area (Å²) in [6.07, 6.45) is 3.36. The molecule has 3 rings (SSSR count). The van der Waals surface area contributed by atoms with Gasteiger partial charge in [0.1, 0.15) is 0 Å². The summed E-state index contributed by atoms with van der Waals surface area (Å²) < 4.78 is 0. The molecule has 1 N–H and O–H groups in total. The molecule has 1 heterocycles. The second-order valence-corrected chi connectivity index (χ2v) is 5.73. The Labute approximate surface area is 115 Å². The number of fused-ring (bicyclic) bond motifs is 3. The number of nitrogens with zero attached hydrogens (tertiary/aromatic N) is 1. The quantitative estimate of drug-likeness (QED) is 0.884. The third kappa shape index (κ3) is 2.11. The van der Waals surface area contributed by atoms with E-state index in [0.29, 0.717) is 18.0 Å². The lowest BCUT2D eigenvalue weighted by molar-refractivity contribution is -0.119. The number of anilines is 1. The molecule has 3 nitrogen and oxygen atoms in total. The molecule has 1 aromatic carbocycles. The topological polar surface area (TPSA) is 32.3 Å². The normalized spacial score (nSPS) is 28.7. The van der Waals surface area contributed by atoms with E-state index in [9.17, 15) is 4.79 Å². The van der Waals surface area contributed by atoms with Crippen molar-refractivity contribution in [3.05, 3.63) is 29.8 Å². The summed E-state index contributed by atoms with van der Waals surface area (Å²) in [5.74, 6) is 0.753. The van der Waals surface area contributed by atoms with E-state index in [1.807, 2.05) is 0 Å². The van der Waals surface area contributed by atoms with Crippen molar-refractivity contribution < 1.29 is 4.79 Å². The molecule has 0 spiro atoms. The Morgan fingerprint density at radius 1 is 1.37 bits per heavy atom. The van der Waals surface area contributed by atoms with Crippen LogP contribution in [0.5, 0.6) is 0 Å². The molecule has 1 saturated carbocycles. The number of likely N-dealkylation sites (N-methyl/N-ethyl adjacent to an activating group) is 1. The van der Waals surface area contributed by atoms with Gasteiger partial charge in [0.15, 0.2) is 0 Å². The van der Waals surface area contributed by atoms with Crippen LogP contribution in [0, 0.1) is 0 Å². The Bertz CT molecular complexity index is 460. The van der Waals surface area contributed by atoms with E-state index in [2.05, 4.69) is 41.4 Å². The minimum Gasteiger partial charge on any atom is -0.368 e. The largest absolute Gasteiger partial charge is 0.368 e. The van der Waals surface area contributed by atoms with Crippen molar-refractivity contribution in [3.63, 3.8) is 0 Å². The van der Waals surface area contributed by atoms with Crippen LogP contribution in [0.15, 0.2) is 24.3 Å². The summed E-state index contributed by atoms with van der Waals surface area (Å²) in [5, 5.41) is 3.10. The van der Waals surface area contributed by atoms with Crippen LogP contribution in [0.4, 0.5) is 5.69 Å². The van der Waals surface area contributed by atoms with Crippen LogP contribution in [-0.4, -0.2) is 24.5 Å². The lowest BCUT2D eigenvalue weighted by atomic mass is 9.80. The highest BCUT2D eigenvalue weighted by atomic mass is 16.1. The smallest absolute Gasteiger partial charge is 0.217 e. The molecule has 0 aromatic heterocycles. The summed E-state index contributed by atoms with van der Waals surface area (Å²) in [4.78, 5) is 13.8. The van der Waals surface area contributed by atoms with Crippen molar-refractivity contribution in [2.45, 2.75) is 51.1 Å². The maximum absolute atomic E-state index is 11.2. The number of para-hydroxylation sites is 1. The van der Waals surface area contributed by atoms with Crippen LogP contribution in [-0.2, 0) is 4.79 Å². The van der Waals surface area contributed by atoms with Gasteiger partial charge in [-0.2, -0.15) is 0 Å². The van der Waals surface area contributed by atoms with Crippen molar-refractivity contribution in [1.29, 1.82) is 0 Å². The molecule has 1 aliphatic heterocycles. The number of hydrogen-bond donors (Lipinski definition) is 1. The van der Waals surface area contributed by atoms with Gasteiger partial charge in [-0.15, -0.1) is 0 Å². The molecule has 3 heteroatoms. The molecule has 0 bridgehead atoms. The Morgan fingerprint density at radius 3 is 2.89 bits per heavy atom. The lowest BCUT2D eigenvalue weighted by Gasteiger charge is -2.37. The SMILES string of the molecule is CCN1c2ccccc2C2CCC(NC(C)=O)CC21. The number of nitrogens with one attached hydrogen (secondary N) is 1. The lowest BCUT2D eigenvalue weighted by Crippen LogP contribution is -2.45.